The van der Waals surface area contributed by atoms with Crippen molar-refractivity contribution in [1.82, 2.24) is 14.8 Å². The number of benzene rings is 1. The van der Waals surface area contributed by atoms with E-state index in [1.165, 1.54) is 43.4 Å². The maximum absolute atomic E-state index is 13.7. The smallest absolute Gasteiger partial charge is 0.236 e. The average molecular weight is 392 g/mol. The summed E-state index contributed by atoms with van der Waals surface area (Å²) in [6.45, 7) is 7.05. The van der Waals surface area contributed by atoms with Crippen molar-refractivity contribution in [1.29, 1.82) is 0 Å². The topological polar surface area (TPSA) is 36.4 Å². The first-order chi connectivity index (χ1) is 14.3. The SMILES string of the molecule is CCCCCCN1CCN(C(=O)C2c3ccccc3CCc3cccnc32)CC1. The number of aryl methyl sites for hydroxylation is 2. The van der Waals surface area contributed by atoms with Crippen LogP contribution in [0.15, 0.2) is 42.6 Å². The molecule has 1 atom stereocenters. The monoisotopic (exact) mass is 391 g/mol. The molecule has 154 valence electrons. The molecule has 0 bridgehead atoms. The van der Waals surface area contributed by atoms with Crippen LogP contribution in [0.3, 0.4) is 0 Å². The summed E-state index contributed by atoms with van der Waals surface area (Å²) in [7, 11) is 0. The van der Waals surface area contributed by atoms with E-state index in [9.17, 15) is 4.79 Å². The first kappa shape index (κ1) is 20.1. The molecule has 29 heavy (non-hydrogen) atoms. The Morgan fingerprint density at radius 2 is 1.72 bits per heavy atom. The van der Waals surface area contributed by atoms with Gasteiger partial charge in [-0.25, -0.2) is 0 Å². The maximum atomic E-state index is 13.7. The number of rotatable bonds is 6. The van der Waals surface area contributed by atoms with Crippen molar-refractivity contribution >= 4 is 5.91 Å². The molecule has 2 aliphatic rings. The molecule has 2 heterocycles. The second-order valence-corrected chi connectivity index (χ2v) is 8.41. The molecule has 2 aromatic rings. The van der Waals surface area contributed by atoms with Crippen LogP contribution in [-0.4, -0.2) is 53.4 Å². The summed E-state index contributed by atoms with van der Waals surface area (Å²) in [4.78, 5) is 23.0. The van der Waals surface area contributed by atoms with Gasteiger partial charge in [0, 0.05) is 32.4 Å². The van der Waals surface area contributed by atoms with Crippen molar-refractivity contribution < 1.29 is 4.79 Å². The Labute approximate surface area is 174 Å². The number of hydrogen-bond acceptors (Lipinski definition) is 3. The summed E-state index contributed by atoms with van der Waals surface area (Å²) in [5.41, 5.74) is 4.62. The van der Waals surface area contributed by atoms with Crippen molar-refractivity contribution in [2.45, 2.75) is 51.4 Å². The molecule has 1 amide bonds. The quantitative estimate of drug-likeness (QED) is 0.698. The number of carbonyl (C=O) groups excluding carboxylic acids is 1. The van der Waals surface area contributed by atoms with Gasteiger partial charge in [-0.15, -0.1) is 0 Å². The van der Waals surface area contributed by atoms with Crippen LogP contribution in [0.25, 0.3) is 0 Å². The van der Waals surface area contributed by atoms with Gasteiger partial charge in [0.25, 0.3) is 0 Å². The number of nitrogens with zero attached hydrogens (tertiary/aromatic N) is 3. The van der Waals surface area contributed by atoms with E-state index in [1.807, 2.05) is 12.3 Å². The highest BCUT2D eigenvalue weighted by molar-refractivity contribution is 5.88. The molecule has 1 aromatic heterocycles. The van der Waals surface area contributed by atoms with Gasteiger partial charge in [-0.1, -0.05) is 56.5 Å². The van der Waals surface area contributed by atoms with E-state index in [-0.39, 0.29) is 11.8 Å². The predicted molar refractivity (Wildman–Crippen MR) is 117 cm³/mol. The minimum Gasteiger partial charge on any atom is -0.339 e. The molecular formula is C25H33N3O. The Hall–Kier alpha value is -2.20. The Morgan fingerprint density at radius 1 is 0.966 bits per heavy atom. The third-order valence-corrected chi connectivity index (χ3v) is 6.49. The van der Waals surface area contributed by atoms with E-state index < -0.39 is 0 Å². The van der Waals surface area contributed by atoms with Crippen LogP contribution in [0, 0.1) is 0 Å². The number of pyridine rings is 1. The highest BCUT2D eigenvalue weighted by atomic mass is 16.2. The number of carbonyl (C=O) groups is 1. The number of aromatic nitrogens is 1. The third kappa shape index (κ3) is 4.53. The molecule has 4 heteroatoms. The van der Waals surface area contributed by atoms with Crippen molar-refractivity contribution in [3.05, 3.63) is 65.0 Å². The summed E-state index contributed by atoms with van der Waals surface area (Å²) in [6, 6.07) is 12.6. The minimum atomic E-state index is -0.263. The van der Waals surface area contributed by atoms with Crippen molar-refractivity contribution in [2.75, 3.05) is 32.7 Å². The molecular weight excluding hydrogens is 358 g/mol. The third-order valence-electron chi connectivity index (χ3n) is 6.49. The van der Waals surface area contributed by atoms with Crippen molar-refractivity contribution in [3.63, 3.8) is 0 Å². The predicted octanol–water partition coefficient (Wildman–Crippen LogP) is 4.04. The van der Waals surface area contributed by atoms with Gasteiger partial charge in [-0.2, -0.15) is 0 Å². The number of hydrogen-bond donors (Lipinski definition) is 0. The average Bonchev–Trinajstić information content (AvgIpc) is 2.94. The van der Waals surface area contributed by atoms with Crippen LogP contribution < -0.4 is 0 Å². The number of piperazine rings is 1. The second kappa shape index (κ2) is 9.53. The van der Waals surface area contributed by atoms with E-state index in [0.29, 0.717) is 0 Å². The lowest BCUT2D eigenvalue weighted by atomic mass is 9.90. The summed E-state index contributed by atoms with van der Waals surface area (Å²) < 4.78 is 0. The van der Waals surface area contributed by atoms with Gasteiger partial charge >= 0.3 is 0 Å². The van der Waals surface area contributed by atoms with Crippen LogP contribution in [-0.2, 0) is 17.6 Å². The lowest BCUT2D eigenvalue weighted by Gasteiger charge is -2.36. The Morgan fingerprint density at radius 3 is 2.55 bits per heavy atom. The van der Waals surface area contributed by atoms with Gasteiger partial charge in [-0.05, 0) is 48.6 Å². The van der Waals surface area contributed by atoms with Gasteiger partial charge < -0.3 is 4.90 Å². The Kier molecular flexibility index (Phi) is 6.60. The highest BCUT2D eigenvalue weighted by Gasteiger charge is 2.34. The number of amides is 1. The Balaban J connectivity index is 1.49. The van der Waals surface area contributed by atoms with Crippen molar-refractivity contribution in [2.24, 2.45) is 0 Å². The molecule has 1 saturated heterocycles. The lowest BCUT2D eigenvalue weighted by molar-refractivity contribution is -0.133. The van der Waals surface area contributed by atoms with Gasteiger partial charge in [-0.3, -0.25) is 14.7 Å². The molecule has 1 unspecified atom stereocenters. The molecule has 0 saturated carbocycles. The van der Waals surface area contributed by atoms with E-state index in [4.69, 9.17) is 4.98 Å². The zero-order valence-corrected chi connectivity index (χ0v) is 17.6. The lowest BCUT2D eigenvalue weighted by Crippen LogP contribution is -2.50. The van der Waals surface area contributed by atoms with Gasteiger partial charge in [0.1, 0.15) is 5.92 Å². The summed E-state index contributed by atoms with van der Waals surface area (Å²) in [5, 5.41) is 0. The number of fused-ring (bicyclic) bond motifs is 2. The van der Waals surface area contributed by atoms with E-state index in [2.05, 4.69) is 47.1 Å². The first-order valence-electron chi connectivity index (χ1n) is 11.3. The maximum Gasteiger partial charge on any atom is 0.236 e. The number of unbranched alkanes of at least 4 members (excludes halogenated alkanes) is 3. The molecule has 1 aliphatic carbocycles. The molecule has 4 nitrogen and oxygen atoms in total. The van der Waals surface area contributed by atoms with Gasteiger partial charge in [0.15, 0.2) is 0 Å². The molecule has 1 aliphatic heterocycles. The van der Waals surface area contributed by atoms with Crippen LogP contribution in [0.1, 0.15) is 60.9 Å². The molecule has 0 spiro atoms. The summed E-state index contributed by atoms with van der Waals surface area (Å²) in [5.74, 6) is -0.0362. The molecule has 1 fully saturated rings. The summed E-state index contributed by atoms with van der Waals surface area (Å²) >= 11 is 0. The normalized spacial score (nSPS) is 19.3. The fourth-order valence-electron chi connectivity index (χ4n) is 4.77. The van der Waals surface area contributed by atoms with Gasteiger partial charge in [0.05, 0.1) is 5.69 Å². The van der Waals surface area contributed by atoms with Crippen LogP contribution in [0.4, 0.5) is 0 Å². The first-order valence-corrected chi connectivity index (χ1v) is 11.3. The van der Waals surface area contributed by atoms with Crippen LogP contribution in [0.2, 0.25) is 0 Å². The second-order valence-electron chi connectivity index (χ2n) is 8.41. The largest absolute Gasteiger partial charge is 0.339 e. The standard InChI is InChI=1S/C25H33N3O/c1-2-3-4-7-15-27-16-18-28(19-17-27)25(29)23-22-11-6-5-9-20(22)12-13-21-10-8-14-26-24(21)23/h5-6,8-11,14,23H,2-4,7,12-13,15-19H2,1H3. The highest BCUT2D eigenvalue weighted by Crippen LogP contribution is 2.34. The molecule has 0 N–H and O–H groups in total. The van der Waals surface area contributed by atoms with E-state index >= 15 is 0 Å². The van der Waals surface area contributed by atoms with E-state index in [0.717, 1.165) is 50.3 Å². The zero-order valence-electron chi connectivity index (χ0n) is 17.6. The van der Waals surface area contributed by atoms with Crippen molar-refractivity contribution in [3.8, 4) is 0 Å². The molecule has 0 radical (unpaired) electrons. The zero-order chi connectivity index (χ0) is 20.1. The fourth-order valence-corrected chi connectivity index (χ4v) is 4.77. The van der Waals surface area contributed by atoms with E-state index in [1.54, 1.807) is 0 Å². The van der Waals surface area contributed by atoms with Crippen LogP contribution >= 0.6 is 0 Å². The Bertz CT molecular complexity index is 779. The van der Waals surface area contributed by atoms with Gasteiger partial charge in [0.2, 0.25) is 5.91 Å². The summed E-state index contributed by atoms with van der Waals surface area (Å²) in [6.07, 6.45) is 8.96. The van der Waals surface area contributed by atoms with Crippen LogP contribution in [0.5, 0.6) is 0 Å². The minimum absolute atomic E-state index is 0.227. The fraction of sp³-hybridized carbons (Fsp3) is 0.520. The molecule has 1 aromatic carbocycles. The molecule has 4 rings (SSSR count).